The van der Waals surface area contributed by atoms with E-state index >= 15 is 0 Å². The molecule has 6 nitrogen and oxygen atoms in total. The minimum atomic E-state index is -0.770. The van der Waals surface area contributed by atoms with Crippen molar-refractivity contribution in [2.75, 3.05) is 29.9 Å². The second-order valence-electron chi connectivity index (χ2n) is 6.08. The molecule has 0 bridgehead atoms. The maximum Gasteiger partial charge on any atom is 0.253 e. The van der Waals surface area contributed by atoms with E-state index in [1.54, 1.807) is 12.3 Å². The van der Waals surface area contributed by atoms with Crippen LogP contribution in [0.15, 0.2) is 34.9 Å². The Balaban J connectivity index is 1.88. The van der Waals surface area contributed by atoms with Crippen LogP contribution in [-0.2, 0) is 0 Å². The van der Waals surface area contributed by atoms with Crippen LogP contribution in [0.4, 0.5) is 15.9 Å². The Morgan fingerprint density at radius 1 is 1.48 bits per heavy atom. The van der Waals surface area contributed by atoms with Gasteiger partial charge >= 0.3 is 0 Å². The average molecular weight is 408 g/mol. The van der Waals surface area contributed by atoms with E-state index in [1.165, 1.54) is 6.07 Å². The van der Waals surface area contributed by atoms with Crippen molar-refractivity contribution < 1.29 is 9.18 Å². The van der Waals surface area contributed by atoms with E-state index in [0.717, 1.165) is 25.2 Å². The lowest BCUT2D eigenvalue weighted by Crippen LogP contribution is -2.47. The minimum absolute atomic E-state index is 0.0812. The first-order valence-corrected chi connectivity index (χ1v) is 8.81. The highest BCUT2D eigenvalue weighted by Gasteiger charge is 2.27. The monoisotopic (exact) mass is 407 g/mol. The molecule has 3 rings (SSSR count). The summed E-state index contributed by atoms with van der Waals surface area (Å²) >= 11 is 3.29. The Kier molecular flexibility index (Phi) is 5.17. The highest BCUT2D eigenvalue weighted by molar-refractivity contribution is 9.10. The molecule has 1 aliphatic rings. The van der Waals surface area contributed by atoms with Crippen molar-refractivity contribution in [3.8, 4) is 0 Å². The molecule has 25 heavy (non-hydrogen) atoms. The molecule has 1 atom stereocenters. The number of anilines is 2. The Labute approximate surface area is 153 Å². The molecule has 1 aromatic carbocycles. The number of piperidine rings is 1. The molecule has 1 aromatic heterocycles. The lowest BCUT2D eigenvalue weighted by molar-refractivity contribution is 0.0997. The Morgan fingerprint density at radius 3 is 2.96 bits per heavy atom. The van der Waals surface area contributed by atoms with Gasteiger partial charge in [-0.25, -0.2) is 4.39 Å². The van der Waals surface area contributed by atoms with Gasteiger partial charge in [-0.2, -0.15) is 5.10 Å². The normalized spacial score (nSPS) is 17.4. The zero-order chi connectivity index (χ0) is 18.0. The quantitative estimate of drug-likeness (QED) is 0.842. The third-order valence-electron chi connectivity index (χ3n) is 4.49. The number of rotatable bonds is 4. The molecule has 0 saturated carbocycles. The fourth-order valence-electron chi connectivity index (χ4n) is 3.22. The van der Waals surface area contributed by atoms with Gasteiger partial charge in [0, 0.05) is 36.8 Å². The van der Waals surface area contributed by atoms with Crippen molar-refractivity contribution in [1.82, 2.24) is 10.2 Å². The number of carbonyl (C=O) groups excluding carboxylic acids is 1. The van der Waals surface area contributed by atoms with Crippen LogP contribution in [0.1, 0.15) is 23.2 Å². The van der Waals surface area contributed by atoms with Crippen molar-refractivity contribution in [2.45, 2.75) is 18.9 Å². The molecule has 0 aliphatic carbocycles. The molecule has 2 heterocycles. The minimum Gasteiger partial charge on any atom is -0.369 e. The molecule has 1 unspecified atom stereocenters. The van der Waals surface area contributed by atoms with Gasteiger partial charge in [-0.15, -0.1) is 5.10 Å². The lowest BCUT2D eigenvalue weighted by Gasteiger charge is -2.39. The zero-order valence-electron chi connectivity index (χ0n) is 13.8. The van der Waals surface area contributed by atoms with E-state index in [2.05, 4.69) is 31.0 Å². The molecule has 1 aliphatic heterocycles. The number of amides is 1. The van der Waals surface area contributed by atoms with Gasteiger partial charge in [0.05, 0.1) is 11.3 Å². The molecular formula is C17H19BrFN5O. The SMILES string of the molecule is CN(c1cc(Br)cc(F)c1C(N)=O)C1CCCN(c2cccnn2)C1. The zero-order valence-corrected chi connectivity index (χ0v) is 15.4. The smallest absolute Gasteiger partial charge is 0.253 e. The molecule has 8 heteroatoms. The van der Waals surface area contributed by atoms with Gasteiger partial charge in [0.25, 0.3) is 5.91 Å². The van der Waals surface area contributed by atoms with Gasteiger partial charge in [0.2, 0.25) is 0 Å². The second kappa shape index (κ2) is 7.35. The maximum atomic E-state index is 14.2. The lowest BCUT2D eigenvalue weighted by atomic mass is 10.0. The number of hydrogen-bond donors (Lipinski definition) is 1. The van der Waals surface area contributed by atoms with Crippen LogP contribution in [0.2, 0.25) is 0 Å². The van der Waals surface area contributed by atoms with E-state index in [0.29, 0.717) is 16.7 Å². The molecule has 0 spiro atoms. The number of aromatic nitrogens is 2. The van der Waals surface area contributed by atoms with Crippen LogP contribution in [0.3, 0.4) is 0 Å². The number of benzene rings is 1. The highest BCUT2D eigenvalue weighted by atomic mass is 79.9. The average Bonchev–Trinajstić information content (AvgIpc) is 2.61. The van der Waals surface area contributed by atoms with Gasteiger partial charge < -0.3 is 15.5 Å². The Bertz CT molecular complexity index is 773. The van der Waals surface area contributed by atoms with Crippen molar-refractivity contribution in [1.29, 1.82) is 0 Å². The fourth-order valence-corrected chi connectivity index (χ4v) is 3.64. The number of nitrogens with zero attached hydrogens (tertiary/aromatic N) is 4. The molecule has 1 fully saturated rings. The maximum absolute atomic E-state index is 14.2. The van der Waals surface area contributed by atoms with E-state index < -0.39 is 11.7 Å². The highest BCUT2D eigenvalue weighted by Crippen LogP contribution is 2.31. The second-order valence-corrected chi connectivity index (χ2v) is 7.00. The van der Waals surface area contributed by atoms with E-state index in [4.69, 9.17) is 5.73 Å². The molecule has 1 saturated heterocycles. The predicted octanol–water partition coefficient (Wildman–Crippen LogP) is 2.58. The standard InChI is InChI=1S/C17H19BrFN5O/c1-23(14-9-11(18)8-13(19)16(14)17(20)25)12-4-3-7-24(10-12)15-5-2-6-21-22-15/h2,5-6,8-9,12H,3-4,7,10H2,1H3,(H2,20,25). The van der Waals surface area contributed by atoms with E-state index in [9.17, 15) is 9.18 Å². The van der Waals surface area contributed by atoms with Gasteiger partial charge in [-0.3, -0.25) is 4.79 Å². The molecule has 1 amide bonds. The largest absolute Gasteiger partial charge is 0.369 e. The van der Waals surface area contributed by atoms with Crippen LogP contribution in [0.25, 0.3) is 0 Å². The Hall–Kier alpha value is -2.22. The van der Waals surface area contributed by atoms with Crippen LogP contribution in [-0.4, -0.2) is 42.3 Å². The fraction of sp³-hybridized carbons (Fsp3) is 0.353. The summed E-state index contributed by atoms with van der Waals surface area (Å²) in [6.07, 6.45) is 3.54. The first-order chi connectivity index (χ1) is 12.0. The summed E-state index contributed by atoms with van der Waals surface area (Å²) in [5, 5.41) is 8.08. The summed E-state index contributed by atoms with van der Waals surface area (Å²) in [5.41, 5.74) is 5.81. The number of nitrogens with two attached hydrogens (primary N) is 1. The van der Waals surface area contributed by atoms with E-state index in [1.807, 2.05) is 24.1 Å². The first kappa shape index (κ1) is 17.6. The molecule has 2 aromatic rings. The van der Waals surface area contributed by atoms with Gasteiger partial charge in [0.1, 0.15) is 5.82 Å². The summed E-state index contributed by atoms with van der Waals surface area (Å²) < 4.78 is 14.8. The Morgan fingerprint density at radius 2 is 2.28 bits per heavy atom. The number of primary amides is 1. The summed E-state index contributed by atoms with van der Waals surface area (Å²) in [5.74, 6) is -0.574. The van der Waals surface area contributed by atoms with Gasteiger partial charge in [-0.1, -0.05) is 15.9 Å². The van der Waals surface area contributed by atoms with Crippen LogP contribution < -0.4 is 15.5 Å². The predicted molar refractivity (Wildman–Crippen MR) is 98.3 cm³/mol. The van der Waals surface area contributed by atoms with E-state index in [-0.39, 0.29) is 11.6 Å². The van der Waals surface area contributed by atoms with Crippen molar-refractivity contribution in [2.24, 2.45) is 5.73 Å². The van der Waals surface area contributed by atoms with Crippen LogP contribution in [0, 0.1) is 5.82 Å². The number of likely N-dealkylation sites (N-methyl/N-ethyl adjacent to an activating group) is 1. The van der Waals surface area contributed by atoms with Gasteiger partial charge in [0.15, 0.2) is 5.82 Å². The summed E-state index contributed by atoms with van der Waals surface area (Å²) in [6.45, 7) is 1.60. The molecule has 2 N–H and O–H groups in total. The molecular weight excluding hydrogens is 389 g/mol. The van der Waals surface area contributed by atoms with Crippen molar-refractivity contribution in [3.05, 3.63) is 46.3 Å². The first-order valence-electron chi connectivity index (χ1n) is 8.01. The number of halogens is 2. The van der Waals surface area contributed by atoms with Gasteiger partial charge in [-0.05, 0) is 37.1 Å². The number of carbonyl (C=O) groups is 1. The van der Waals surface area contributed by atoms with Crippen molar-refractivity contribution in [3.63, 3.8) is 0 Å². The molecule has 132 valence electrons. The third-order valence-corrected chi connectivity index (χ3v) is 4.94. The summed E-state index contributed by atoms with van der Waals surface area (Å²) in [4.78, 5) is 15.8. The summed E-state index contributed by atoms with van der Waals surface area (Å²) in [7, 11) is 1.86. The molecule has 0 radical (unpaired) electrons. The third kappa shape index (κ3) is 3.73. The topological polar surface area (TPSA) is 75.3 Å². The summed E-state index contributed by atoms with van der Waals surface area (Å²) in [6, 6.07) is 6.85. The van der Waals surface area contributed by atoms with Crippen molar-refractivity contribution >= 4 is 33.3 Å². The van der Waals surface area contributed by atoms with Crippen LogP contribution in [0.5, 0.6) is 0 Å². The number of hydrogen-bond acceptors (Lipinski definition) is 5. The van der Waals surface area contributed by atoms with Crippen LogP contribution >= 0.6 is 15.9 Å².